The number of methoxy groups -OCH3 is 1. The van der Waals surface area contributed by atoms with Crippen molar-refractivity contribution in [3.63, 3.8) is 0 Å². The molecule has 2 aromatic heterocycles. The van der Waals surface area contributed by atoms with Crippen LogP contribution in [0.2, 0.25) is 0 Å². The van der Waals surface area contributed by atoms with Crippen molar-refractivity contribution in [3.05, 3.63) is 81.2 Å². The molecule has 0 aliphatic heterocycles. The number of rotatable bonds is 8. The van der Waals surface area contributed by atoms with E-state index >= 15 is 0 Å². The summed E-state index contributed by atoms with van der Waals surface area (Å²) in [5.74, 6) is 1.36. The molecule has 0 bridgehead atoms. The van der Waals surface area contributed by atoms with Crippen molar-refractivity contribution < 1.29 is 9.53 Å². The fraction of sp³-hybridized carbons (Fsp3) is 0.250. The number of fused-ring (bicyclic) bond motifs is 1. The monoisotopic (exact) mass is 480 g/mol. The van der Waals surface area contributed by atoms with Crippen LogP contribution in [0, 0.1) is 5.92 Å². The Bertz CT molecular complexity index is 1350. The summed E-state index contributed by atoms with van der Waals surface area (Å²) in [6, 6.07) is 16.1. The van der Waals surface area contributed by atoms with Gasteiger partial charge in [0.05, 0.1) is 18.5 Å². The van der Waals surface area contributed by atoms with Crippen LogP contribution in [0.25, 0.3) is 4.96 Å². The highest BCUT2D eigenvalue weighted by Gasteiger charge is 2.13. The van der Waals surface area contributed by atoms with Crippen molar-refractivity contribution in [2.75, 3.05) is 12.4 Å². The molecule has 0 spiro atoms. The topological polar surface area (TPSA) is 85.6 Å². The second-order valence-corrected chi connectivity index (χ2v) is 9.90. The van der Waals surface area contributed by atoms with Crippen LogP contribution in [0.5, 0.6) is 5.75 Å². The Morgan fingerprint density at radius 3 is 2.79 bits per heavy atom. The first kappa shape index (κ1) is 23.0. The Kier molecular flexibility index (Phi) is 7.10. The molecule has 4 aromatic rings. The van der Waals surface area contributed by atoms with E-state index in [1.165, 1.54) is 33.7 Å². The predicted molar refractivity (Wildman–Crippen MR) is 133 cm³/mol. The number of anilines is 1. The smallest absolute Gasteiger partial charge is 0.275 e. The maximum atomic E-state index is 12.7. The van der Waals surface area contributed by atoms with Crippen molar-refractivity contribution in [1.82, 2.24) is 14.6 Å². The van der Waals surface area contributed by atoms with Gasteiger partial charge in [-0.15, -0.1) is 11.8 Å². The molecule has 0 fully saturated rings. The number of benzene rings is 2. The van der Waals surface area contributed by atoms with Crippen LogP contribution in [-0.2, 0) is 12.2 Å². The van der Waals surface area contributed by atoms with Gasteiger partial charge in [0.25, 0.3) is 11.5 Å². The van der Waals surface area contributed by atoms with Crippen molar-refractivity contribution >= 4 is 39.7 Å². The zero-order valence-corrected chi connectivity index (χ0v) is 20.2. The van der Waals surface area contributed by atoms with Gasteiger partial charge in [-0.1, -0.05) is 43.4 Å². The van der Waals surface area contributed by atoms with E-state index in [0.717, 1.165) is 16.3 Å². The van der Waals surface area contributed by atoms with Crippen LogP contribution >= 0.6 is 23.1 Å². The Balaban J connectivity index is 1.50. The third-order valence-electron chi connectivity index (χ3n) is 4.77. The number of para-hydroxylation sites is 1. The fourth-order valence-electron chi connectivity index (χ4n) is 3.21. The molecule has 4 rings (SSSR count). The molecular formula is C24H24N4O3S2. The van der Waals surface area contributed by atoms with Gasteiger partial charge < -0.3 is 10.1 Å². The molecule has 0 saturated heterocycles. The van der Waals surface area contributed by atoms with E-state index in [1.54, 1.807) is 31.4 Å². The molecule has 2 aromatic carbocycles. The number of thioether (sulfide) groups is 1. The quantitative estimate of drug-likeness (QED) is 0.361. The molecule has 0 saturated carbocycles. The maximum Gasteiger partial charge on any atom is 0.275 e. The highest BCUT2D eigenvalue weighted by atomic mass is 32.2. The van der Waals surface area contributed by atoms with Gasteiger partial charge in [-0.2, -0.15) is 9.61 Å². The van der Waals surface area contributed by atoms with Gasteiger partial charge in [-0.05, 0) is 36.2 Å². The van der Waals surface area contributed by atoms with Crippen LogP contribution in [-0.4, -0.2) is 27.6 Å². The number of ether oxygens (including phenoxy) is 1. The second kappa shape index (κ2) is 10.2. The SMILES string of the molecule is COc1cccc(C(=O)Nc2ccccc2SCc2cc(=O)n3nc(CC(C)C)sc3n2)c1. The van der Waals surface area contributed by atoms with Crippen LogP contribution in [0.3, 0.4) is 0 Å². The van der Waals surface area contributed by atoms with E-state index in [4.69, 9.17) is 4.74 Å². The number of amides is 1. The van der Waals surface area contributed by atoms with Crippen molar-refractivity contribution in [2.24, 2.45) is 5.92 Å². The Morgan fingerprint density at radius 1 is 1.18 bits per heavy atom. The molecule has 0 aliphatic carbocycles. The van der Waals surface area contributed by atoms with Crippen molar-refractivity contribution in [1.29, 1.82) is 0 Å². The van der Waals surface area contributed by atoms with Crippen LogP contribution < -0.4 is 15.6 Å². The molecule has 0 radical (unpaired) electrons. The lowest BCUT2D eigenvalue weighted by Gasteiger charge is -2.11. The second-order valence-electron chi connectivity index (χ2n) is 7.84. The number of hydrogen-bond donors (Lipinski definition) is 1. The van der Waals surface area contributed by atoms with E-state index in [9.17, 15) is 9.59 Å². The number of hydrogen-bond acceptors (Lipinski definition) is 7. The van der Waals surface area contributed by atoms with Gasteiger partial charge in [-0.25, -0.2) is 4.98 Å². The van der Waals surface area contributed by atoms with Gasteiger partial charge in [0.15, 0.2) is 0 Å². The standard InChI is InChI=1S/C24H24N4O3S2/c1-15(2)11-21-27-28-22(29)13-17(25-24(28)33-21)14-32-20-10-5-4-9-19(20)26-23(30)16-7-6-8-18(12-16)31-3/h4-10,12-13,15H,11,14H2,1-3H3,(H,26,30). The van der Waals surface area contributed by atoms with E-state index in [2.05, 4.69) is 29.2 Å². The summed E-state index contributed by atoms with van der Waals surface area (Å²) in [6.07, 6.45) is 0.817. The highest BCUT2D eigenvalue weighted by Crippen LogP contribution is 2.30. The van der Waals surface area contributed by atoms with Crippen molar-refractivity contribution in [3.8, 4) is 5.75 Å². The number of nitrogens with zero attached hydrogens (tertiary/aromatic N) is 3. The van der Waals surface area contributed by atoms with Gasteiger partial charge in [0, 0.05) is 28.7 Å². The van der Waals surface area contributed by atoms with Crippen LogP contribution in [0.15, 0.2) is 64.3 Å². The first-order valence-electron chi connectivity index (χ1n) is 10.5. The Morgan fingerprint density at radius 2 is 2.00 bits per heavy atom. The molecule has 0 unspecified atom stereocenters. The summed E-state index contributed by atoms with van der Waals surface area (Å²) in [5, 5.41) is 8.27. The Hall–Kier alpha value is -3.17. The first-order valence-corrected chi connectivity index (χ1v) is 12.3. The zero-order valence-electron chi connectivity index (χ0n) is 18.6. The minimum absolute atomic E-state index is 0.179. The van der Waals surface area contributed by atoms with Crippen LogP contribution in [0.1, 0.15) is 34.9 Å². The van der Waals surface area contributed by atoms with E-state index < -0.39 is 0 Å². The molecule has 2 heterocycles. The molecule has 170 valence electrons. The van der Waals surface area contributed by atoms with E-state index in [-0.39, 0.29) is 11.5 Å². The number of nitrogens with one attached hydrogen (secondary N) is 1. The van der Waals surface area contributed by atoms with E-state index in [0.29, 0.717) is 39.3 Å². The minimum atomic E-state index is -0.220. The molecule has 1 N–H and O–H groups in total. The summed E-state index contributed by atoms with van der Waals surface area (Å²) < 4.78 is 6.58. The summed E-state index contributed by atoms with van der Waals surface area (Å²) in [6.45, 7) is 4.24. The normalized spacial score (nSPS) is 11.2. The lowest BCUT2D eigenvalue weighted by Crippen LogP contribution is -2.15. The predicted octanol–water partition coefficient (Wildman–Crippen LogP) is 4.90. The zero-order chi connectivity index (χ0) is 23.4. The summed E-state index contributed by atoms with van der Waals surface area (Å²) in [4.78, 5) is 31.4. The lowest BCUT2D eigenvalue weighted by atomic mass is 10.1. The maximum absolute atomic E-state index is 12.7. The average Bonchev–Trinajstić information content (AvgIpc) is 3.20. The largest absolute Gasteiger partial charge is 0.497 e. The average molecular weight is 481 g/mol. The van der Waals surface area contributed by atoms with E-state index in [1.807, 2.05) is 24.3 Å². The Labute approximate surface area is 199 Å². The summed E-state index contributed by atoms with van der Waals surface area (Å²) in [7, 11) is 1.57. The third-order valence-corrected chi connectivity index (χ3v) is 6.80. The minimum Gasteiger partial charge on any atom is -0.497 e. The molecular weight excluding hydrogens is 456 g/mol. The molecule has 0 aliphatic rings. The molecule has 1 amide bonds. The highest BCUT2D eigenvalue weighted by molar-refractivity contribution is 7.98. The number of carbonyl (C=O) groups is 1. The molecule has 9 heteroatoms. The summed E-state index contributed by atoms with van der Waals surface area (Å²) >= 11 is 2.97. The van der Waals surface area contributed by atoms with Crippen molar-refractivity contribution in [2.45, 2.75) is 30.9 Å². The molecule has 33 heavy (non-hydrogen) atoms. The summed E-state index contributed by atoms with van der Waals surface area (Å²) in [5.41, 5.74) is 1.71. The number of carbonyl (C=O) groups excluding carboxylic acids is 1. The lowest BCUT2D eigenvalue weighted by molar-refractivity contribution is 0.102. The molecule has 0 atom stereocenters. The van der Waals surface area contributed by atoms with Gasteiger partial charge >= 0.3 is 0 Å². The van der Waals surface area contributed by atoms with Gasteiger partial charge in [-0.3, -0.25) is 9.59 Å². The molecule has 7 nitrogen and oxygen atoms in total. The third kappa shape index (κ3) is 5.61. The van der Waals surface area contributed by atoms with Crippen LogP contribution in [0.4, 0.5) is 5.69 Å². The number of aromatic nitrogens is 3. The van der Waals surface area contributed by atoms with Gasteiger partial charge in [0.2, 0.25) is 4.96 Å². The first-order chi connectivity index (χ1) is 15.9. The fourth-order valence-corrected chi connectivity index (χ4v) is 5.24. The van der Waals surface area contributed by atoms with Gasteiger partial charge in [0.1, 0.15) is 10.8 Å².